The number of carbonyl (C=O) groups excluding carboxylic acids is 1. The number of hydrogen-bond acceptors (Lipinski definition) is 4. The summed E-state index contributed by atoms with van der Waals surface area (Å²) in [6.07, 6.45) is 1.97. The third kappa shape index (κ3) is 2.88. The molecule has 0 spiro atoms. The molecule has 1 unspecified atom stereocenters. The number of esters is 1. The van der Waals surface area contributed by atoms with Crippen LogP contribution in [0.4, 0.5) is 13.2 Å². The second-order valence-corrected chi connectivity index (χ2v) is 5.85. The van der Waals surface area contributed by atoms with E-state index < -0.39 is 40.4 Å². The standard InChI is InChI=1S/C14H9BrF3N2O2P/c1-22-14(21)5-2-4(3-6(19)12(5)20)7-9(16)11(18)8(15)13(23)10(7)17/h2-3,19-20H,23H2,1H3. The van der Waals surface area contributed by atoms with Crippen molar-refractivity contribution in [2.24, 2.45) is 0 Å². The summed E-state index contributed by atoms with van der Waals surface area (Å²) in [6.45, 7) is 0. The summed E-state index contributed by atoms with van der Waals surface area (Å²) >= 11 is 2.75. The van der Waals surface area contributed by atoms with Crippen molar-refractivity contribution in [3.63, 3.8) is 0 Å². The van der Waals surface area contributed by atoms with Crippen LogP contribution in [0.1, 0.15) is 5.56 Å². The highest BCUT2D eigenvalue weighted by Gasteiger charge is 2.28. The molecule has 1 aromatic carbocycles. The molecule has 1 aromatic rings. The minimum Gasteiger partial charge on any atom is -0.465 e. The molecule has 1 atom stereocenters. The second-order valence-electron chi connectivity index (χ2n) is 4.48. The van der Waals surface area contributed by atoms with Crippen LogP contribution in [0.5, 0.6) is 0 Å². The van der Waals surface area contributed by atoms with Crippen LogP contribution in [0.25, 0.3) is 5.57 Å². The van der Waals surface area contributed by atoms with Gasteiger partial charge in [0.2, 0.25) is 0 Å². The summed E-state index contributed by atoms with van der Waals surface area (Å²) in [5.74, 6) is -4.76. The van der Waals surface area contributed by atoms with E-state index in [1.54, 1.807) is 0 Å². The highest BCUT2D eigenvalue weighted by molar-refractivity contribution is 9.10. The fourth-order valence-corrected chi connectivity index (χ4v) is 2.58. The van der Waals surface area contributed by atoms with Crippen LogP contribution in [0, 0.1) is 28.3 Å². The first kappa shape index (κ1) is 17.6. The zero-order valence-corrected chi connectivity index (χ0v) is 14.3. The SMILES string of the molecule is COC(=O)C1=CC(c2c(F)c(F)c(Br)c(P)c2F)=CC(=N)C1=N. The number of allylic oxidation sites excluding steroid dienone is 3. The van der Waals surface area contributed by atoms with Gasteiger partial charge in [0.05, 0.1) is 34.1 Å². The van der Waals surface area contributed by atoms with Gasteiger partial charge in [-0.25, -0.2) is 18.0 Å². The number of methoxy groups -OCH3 is 1. The molecule has 2 rings (SSSR count). The third-order valence-corrected chi connectivity index (χ3v) is 4.87. The molecule has 0 aromatic heterocycles. The Morgan fingerprint density at radius 3 is 2.35 bits per heavy atom. The van der Waals surface area contributed by atoms with Gasteiger partial charge in [0.15, 0.2) is 11.6 Å². The number of carbonyl (C=O) groups is 1. The first-order chi connectivity index (χ1) is 10.7. The predicted molar refractivity (Wildman–Crippen MR) is 86.9 cm³/mol. The highest BCUT2D eigenvalue weighted by atomic mass is 79.9. The second kappa shape index (κ2) is 6.37. The molecule has 9 heteroatoms. The fourth-order valence-electron chi connectivity index (χ4n) is 1.96. The van der Waals surface area contributed by atoms with Crippen LogP contribution in [0.15, 0.2) is 22.2 Å². The van der Waals surface area contributed by atoms with Gasteiger partial charge in [-0.3, -0.25) is 10.8 Å². The van der Waals surface area contributed by atoms with Crippen LogP contribution in [0.2, 0.25) is 0 Å². The van der Waals surface area contributed by atoms with Crippen LogP contribution in [-0.2, 0) is 9.53 Å². The largest absolute Gasteiger partial charge is 0.465 e. The number of nitrogens with one attached hydrogen (secondary N) is 2. The number of ether oxygens (including phenoxy) is 1. The quantitative estimate of drug-likeness (QED) is 0.261. The van der Waals surface area contributed by atoms with Crippen molar-refractivity contribution in [1.82, 2.24) is 0 Å². The van der Waals surface area contributed by atoms with E-state index in [0.29, 0.717) is 0 Å². The molecule has 1 aliphatic carbocycles. The zero-order valence-electron chi connectivity index (χ0n) is 11.6. The molecular formula is C14H9BrF3N2O2P. The molecule has 23 heavy (non-hydrogen) atoms. The van der Waals surface area contributed by atoms with Crippen LogP contribution in [-0.4, -0.2) is 24.5 Å². The Hall–Kier alpha value is -1.79. The smallest absolute Gasteiger partial charge is 0.340 e. The maximum absolute atomic E-state index is 14.4. The lowest BCUT2D eigenvalue weighted by atomic mass is 9.91. The van der Waals surface area contributed by atoms with E-state index in [2.05, 4.69) is 20.7 Å². The number of hydrogen-bond donors (Lipinski definition) is 2. The Morgan fingerprint density at radius 1 is 1.17 bits per heavy atom. The van der Waals surface area contributed by atoms with Gasteiger partial charge in [-0.05, 0) is 33.7 Å². The van der Waals surface area contributed by atoms with E-state index in [0.717, 1.165) is 19.3 Å². The first-order valence-corrected chi connectivity index (χ1v) is 7.39. The molecule has 0 fully saturated rings. The molecule has 0 heterocycles. The Labute approximate surface area is 139 Å². The Bertz CT molecular complexity index is 805. The van der Waals surface area contributed by atoms with Crippen molar-refractivity contribution in [3.05, 3.63) is 45.2 Å². The topological polar surface area (TPSA) is 74.0 Å². The third-order valence-electron chi connectivity index (χ3n) is 3.13. The highest BCUT2D eigenvalue weighted by Crippen LogP contribution is 2.32. The van der Waals surface area contributed by atoms with Gasteiger partial charge < -0.3 is 4.74 Å². The summed E-state index contributed by atoms with van der Waals surface area (Å²) < 4.78 is 46.5. The van der Waals surface area contributed by atoms with Gasteiger partial charge in [0, 0.05) is 5.30 Å². The predicted octanol–water partition coefficient (Wildman–Crippen LogP) is 2.90. The van der Waals surface area contributed by atoms with Gasteiger partial charge in [0.1, 0.15) is 5.82 Å². The maximum Gasteiger partial charge on any atom is 0.340 e. The summed E-state index contributed by atoms with van der Waals surface area (Å²) in [7, 11) is 3.01. The lowest BCUT2D eigenvalue weighted by molar-refractivity contribution is -0.135. The molecule has 0 aliphatic heterocycles. The first-order valence-electron chi connectivity index (χ1n) is 6.02. The number of rotatable bonds is 2. The maximum atomic E-state index is 14.4. The van der Waals surface area contributed by atoms with Crippen molar-refractivity contribution in [3.8, 4) is 0 Å². The lowest BCUT2D eigenvalue weighted by Crippen LogP contribution is -2.24. The summed E-state index contributed by atoms with van der Waals surface area (Å²) in [4.78, 5) is 11.6. The Balaban J connectivity index is 2.75. The van der Waals surface area contributed by atoms with Gasteiger partial charge in [-0.2, -0.15) is 0 Å². The fraction of sp³-hybridized carbons (Fsp3) is 0.0714. The molecule has 2 N–H and O–H groups in total. The average molecular weight is 405 g/mol. The molecule has 1 aliphatic rings. The van der Waals surface area contributed by atoms with Gasteiger partial charge in [0.25, 0.3) is 0 Å². The molecule has 0 saturated carbocycles. The van der Waals surface area contributed by atoms with Crippen LogP contribution >= 0.6 is 25.2 Å². The van der Waals surface area contributed by atoms with E-state index >= 15 is 0 Å². The van der Waals surface area contributed by atoms with Crippen molar-refractivity contribution in [1.29, 1.82) is 10.8 Å². The van der Waals surface area contributed by atoms with Crippen LogP contribution in [0.3, 0.4) is 0 Å². The summed E-state index contributed by atoms with van der Waals surface area (Å²) in [5.41, 5.74) is -2.21. The normalized spacial score (nSPS) is 14.5. The Kier molecular flexibility index (Phi) is 4.87. The molecule has 0 radical (unpaired) electrons. The van der Waals surface area contributed by atoms with Crippen molar-refractivity contribution in [2.45, 2.75) is 0 Å². The minimum atomic E-state index is -1.46. The lowest BCUT2D eigenvalue weighted by Gasteiger charge is -2.17. The average Bonchev–Trinajstić information content (AvgIpc) is 2.53. The van der Waals surface area contributed by atoms with E-state index in [1.165, 1.54) is 0 Å². The zero-order chi connectivity index (χ0) is 17.5. The molecule has 0 saturated heterocycles. The summed E-state index contributed by atoms with van der Waals surface area (Å²) in [6, 6.07) is 0. The summed E-state index contributed by atoms with van der Waals surface area (Å²) in [5, 5.41) is 15.1. The van der Waals surface area contributed by atoms with E-state index in [4.69, 9.17) is 10.8 Å². The van der Waals surface area contributed by atoms with E-state index in [1.807, 2.05) is 9.24 Å². The number of benzene rings is 1. The van der Waals surface area contributed by atoms with Crippen LogP contribution < -0.4 is 5.30 Å². The van der Waals surface area contributed by atoms with Gasteiger partial charge in [-0.1, -0.05) is 0 Å². The van der Waals surface area contributed by atoms with E-state index in [9.17, 15) is 18.0 Å². The molecule has 0 bridgehead atoms. The van der Waals surface area contributed by atoms with Gasteiger partial charge >= 0.3 is 5.97 Å². The van der Waals surface area contributed by atoms with Crippen molar-refractivity contribution < 1.29 is 22.7 Å². The number of halogens is 4. The minimum absolute atomic E-state index is 0.236. The van der Waals surface area contributed by atoms with Crippen molar-refractivity contribution >= 4 is 53.4 Å². The monoisotopic (exact) mass is 404 g/mol. The van der Waals surface area contributed by atoms with Crippen molar-refractivity contribution in [2.75, 3.05) is 7.11 Å². The molecular weight excluding hydrogens is 396 g/mol. The molecule has 4 nitrogen and oxygen atoms in total. The Morgan fingerprint density at radius 2 is 1.78 bits per heavy atom. The molecule has 0 amide bonds. The molecule has 120 valence electrons. The van der Waals surface area contributed by atoms with Gasteiger partial charge in [-0.15, -0.1) is 9.24 Å². The van der Waals surface area contributed by atoms with E-state index in [-0.39, 0.29) is 20.9 Å².